The van der Waals surface area contributed by atoms with Crippen LogP contribution in [0.3, 0.4) is 0 Å². The minimum absolute atomic E-state index is 0. The van der Waals surface area contributed by atoms with E-state index >= 15 is 0 Å². The summed E-state index contributed by atoms with van der Waals surface area (Å²) in [6, 6.07) is 13.7. The Balaban J connectivity index is 0.00000312. The minimum atomic E-state index is 0. The molecule has 0 aliphatic rings. The molecule has 0 saturated carbocycles. The summed E-state index contributed by atoms with van der Waals surface area (Å²) in [5.74, 6) is 1.65. The smallest absolute Gasteiger partial charge is 0.193 e. The van der Waals surface area contributed by atoms with E-state index in [9.17, 15) is 0 Å². The van der Waals surface area contributed by atoms with Gasteiger partial charge in [0.2, 0.25) is 0 Å². The van der Waals surface area contributed by atoms with Crippen molar-refractivity contribution in [2.24, 2.45) is 10.7 Å². The molecule has 0 spiro atoms. The van der Waals surface area contributed by atoms with Crippen molar-refractivity contribution >= 4 is 41.3 Å². The molecule has 0 saturated heterocycles. The van der Waals surface area contributed by atoms with Crippen molar-refractivity contribution in [2.75, 3.05) is 38.5 Å². The SMILES string of the molecule is COc1ccc(NC(N)=NCc2ccc(N(C)C)cc2)cc1OC.I. The lowest BCUT2D eigenvalue weighted by Gasteiger charge is -2.12. The number of hydrogen-bond acceptors (Lipinski definition) is 4. The predicted molar refractivity (Wildman–Crippen MR) is 115 cm³/mol. The lowest BCUT2D eigenvalue weighted by atomic mass is 10.2. The van der Waals surface area contributed by atoms with E-state index < -0.39 is 0 Å². The summed E-state index contributed by atoms with van der Waals surface area (Å²) in [7, 11) is 7.22. The maximum atomic E-state index is 5.95. The van der Waals surface area contributed by atoms with Gasteiger partial charge in [-0.3, -0.25) is 0 Å². The van der Waals surface area contributed by atoms with Gasteiger partial charge in [0, 0.05) is 31.5 Å². The Kier molecular flexibility index (Phi) is 8.33. The van der Waals surface area contributed by atoms with Gasteiger partial charge in [0.1, 0.15) is 0 Å². The van der Waals surface area contributed by atoms with E-state index in [1.165, 1.54) is 0 Å². The summed E-state index contributed by atoms with van der Waals surface area (Å²) in [5, 5.41) is 3.05. The van der Waals surface area contributed by atoms with Gasteiger partial charge in [0.15, 0.2) is 17.5 Å². The largest absolute Gasteiger partial charge is 0.493 e. The molecule has 0 aromatic heterocycles. The van der Waals surface area contributed by atoms with Crippen LogP contribution in [0.5, 0.6) is 11.5 Å². The van der Waals surface area contributed by atoms with Crippen molar-refractivity contribution < 1.29 is 9.47 Å². The lowest BCUT2D eigenvalue weighted by Crippen LogP contribution is -2.22. The fourth-order valence-corrected chi connectivity index (χ4v) is 2.18. The fourth-order valence-electron chi connectivity index (χ4n) is 2.18. The zero-order valence-electron chi connectivity index (χ0n) is 14.9. The molecule has 0 radical (unpaired) electrons. The molecule has 6 nitrogen and oxygen atoms in total. The van der Waals surface area contributed by atoms with Crippen LogP contribution >= 0.6 is 24.0 Å². The molecular weight excluding hydrogens is 431 g/mol. The van der Waals surface area contributed by atoms with Crippen LogP contribution in [0.15, 0.2) is 47.5 Å². The van der Waals surface area contributed by atoms with Crippen molar-refractivity contribution in [3.8, 4) is 11.5 Å². The summed E-state index contributed by atoms with van der Waals surface area (Å²) < 4.78 is 10.5. The Morgan fingerprint density at radius 1 is 1.04 bits per heavy atom. The van der Waals surface area contributed by atoms with Gasteiger partial charge in [-0.25, -0.2) is 4.99 Å². The molecule has 0 bridgehead atoms. The molecule has 0 aliphatic carbocycles. The van der Waals surface area contributed by atoms with Gasteiger partial charge in [-0.15, -0.1) is 24.0 Å². The maximum Gasteiger partial charge on any atom is 0.193 e. The summed E-state index contributed by atoms with van der Waals surface area (Å²) in [6.07, 6.45) is 0. The highest BCUT2D eigenvalue weighted by Gasteiger charge is 2.05. The molecule has 0 unspecified atom stereocenters. The van der Waals surface area contributed by atoms with Gasteiger partial charge in [-0.05, 0) is 29.8 Å². The monoisotopic (exact) mass is 456 g/mol. The van der Waals surface area contributed by atoms with Crippen LogP contribution in [0.4, 0.5) is 11.4 Å². The first kappa shape index (κ1) is 20.9. The second kappa shape index (κ2) is 9.97. The number of nitrogens with two attached hydrogens (primary N) is 1. The van der Waals surface area contributed by atoms with E-state index in [2.05, 4.69) is 27.3 Å². The summed E-state index contributed by atoms with van der Waals surface area (Å²) in [4.78, 5) is 6.42. The van der Waals surface area contributed by atoms with E-state index in [1.807, 2.05) is 44.4 Å². The summed E-state index contributed by atoms with van der Waals surface area (Å²) in [5.41, 5.74) is 8.99. The average molecular weight is 456 g/mol. The van der Waals surface area contributed by atoms with Gasteiger partial charge < -0.3 is 25.4 Å². The van der Waals surface area contributed by atoms with Crippen molar-refractivity contribution in [2.45, 2.75) is 6.54 Å². The molecule has 0 fully saturated rings. The molecule has 2 aromatic rings. The molecule has 0 aliphatic heterocycles. The molecule has 136 valence electrons. The van der Waals surface area contributed by atoms with Crippen LogP contribution in [0.25, 0.3) is 0 Å². The highest BCUT2D eigenvalue weighted by Crippen LogP contribution is 2.29. The molecule has 3 N–H and O–H groups in total. The number of benzene rings is 2. The summed E-state index contributed by atoms with van der Waals surface area (Å²) in [6.45, 7) is 0.514. The van der Waals surface area contributed by atoms with Gasteiger partial charge in [-0.1, -0.05) is 12.1 Å². The third kappa shape index (κ3) is 6.00. The molecule has 0 amide bonds. The van der Waals surface area contributed by atoms with E-state index in [4.69, 9.17) is 15.2 Å². The van der Waals surface area contributed by atoms with Gasteiger partial charge in [0.25, 0.3) is 0 Å². The quantitative estimate of drug-likeness (QED) is 0.397. The topological polar surface area (TPSA) is 72.1 Å². The molecule has 2 rings (SSSR count). The Morgan fingerprint density at radius 3 is 2.24 bits per heavy atom. The number of hydrogen-bond donors (Lipinski definition) is 2. The molecule has 2 aromatic carbocycles. The molecule has 0 atom stereocenters. The van der Waals surface area contributed by atoms with E-state index in [1.54, 1.807) is 14.2 Å². The zero-order chi connectivity index (χ0) is 17.5. The molecule has 25 heavy (non-hydrogen) atoms. The number of ether oxygens (including phenoxy) is 2. The second-order valence-electron chi connectivity index (χ2n) is 5.46. The third-order valence-electron chi connectivity index (χ3n) is 3.54. The van der Waals surface area contributed by atoms with Crippen LogP contribution in [-0.4, -0.2) is 34.3 Å². The van der Waals surface area contributed by atoms with Crippen molar-refractivity contribution in [3.05, 3.63) is 48.0 Å². The molecule has 7 heteroatoms. The summed E-state index contributed by atoms with van der Waals surface area (Å²) >= 11 is 0. The average Bonchev–Trinajstić information content (AvgIpc) is 2.60. The van der Waals surface area contributed by atoms with Crippen LogP contribution in [-0.2, 0) is 6.54 Å². The van der Waals surface area contributed by atoms with Crippen molar-refractivity contribution in [1.82, 2.24) is 0 Å². The van der Waals surface area contributed by atoms with Crippen LogP contribution in [0, 0.1) is 0 Å². The van der Waals surface area contributed by atoms with Gasteiger partial charge in [0.05, 0.1) is 20.8 Å². The standard InChI is InChI=1S/C18H24N4O2.HI/c1-22(2)15-8-5-13(6-9-15)12-20-18(19)21-14-7-10-16(23-3)17(11-14)24-4;/h5-11H,12H2,1-4H3,(H3,19,20,21);1H. The Bertz CT molecular complexity index is 703. The number of methoxy groups -OCH3 is 2. The first-order valence-corrected chi connectivity index (χ1v) is 7.58. The third-order valence-corrected chi connectivity index (χ3v) is 3.54. The van der Waals surface area contributed by atoms with E-state index in [-0.39, 0.29) is 24.0 Å². The number of nitrogens with zero attached hydrogens (tertiary/aromatic N) is 2. The van der Waals surface area contributed by atoms with Gasteiger partial charge in [-0.2, -0.15) is 0 Å². The molecular formula is C18H25IN4O2. The number of halogens is 1. The highest BCUT2D eigenvalue weighted by molar-refractivity contribution is 14.0. The number of aliphatic imine (C=N–C) groups is 1. The van der Waals surface area contributed by atoms with Gasteiger partial charge >= 0.3 is 0 Å². The van der Waals surface area contributed by atoms with Crippen molar-refractivity contribution in [1.29, 1.82) is 0 Å². The Morgan fingerprint density at radius 2 is 1.68 bits per heavy atom. The number of nitrogens with one attached hydrogen (secondary N) is 1. The first-order valence-electron chi connectivity index (χ1n) is 7.58. The highest BCUT2D eigenvalue weighted by atomic mass is 127. The van der Waals surface area contributed by atoms with Crippen LogP contribution in [0.2, 0.25) is 0 Å². The van der Waals surface area contributed by atoms with Crippen LogP contribution in [0.1, 0.15) is 5.56 Å². The zero-order valence-corrected chi connectivity index (χ0v) is 17.3. The maximum absolute atomic E-state index is 5.95. The Hall–Kier alpha value is -2.16. The normalized spacial score (nSPS) is 10.6. The minimum Gasteiger partial charge on any atom is -0.493 e. The lowest BCUT2D eigenvalue weighted by molar-refractivity contribution is 0.355. The fraction of sp³-hybridized carbons (Fsp3) is 0.278. The first-order chi connectivity index (χ1) is 11.5. The number of anilines is 2. The number of guanidine groups is 1. The second-order valence-corrected chi connectivity index (χ2v) is 5.46. The predicted octanol–water partition coefficient (Wildman–Crippen LogP) is 3.31. The number of rotatable bonds is 6. The molecule has 0 heterocycles. The Labute approximate surface area is 166 Å². The van der Waals surface area contributed by atoms with E-state index in [0.717, 1.165) is 16.9 Å². The van der Waals surface area contributed by atoms with E-state index in [0.29, 0.717) is 24.0 Å². The van der Waals surface area contributed by atoms with Crippen molar-refractivity contribution in [3.63, 3.8) is 0 Å². The van der Waals surface area contributed by atoms with Crippen LogP contribution < -0.4 is 25.4 Å².